The standard InChI is InChI=1S/C11H16N4O2/c1-11(2)4-8(16)15(10(11)17)9-7(5-12)6-14(3)13-9/h6H,4-5,12H2,1-3H3. The quantitative estimate of drug-likeness (QED) is 0.742. The largest absolute Gasteiger partial charge is 0.326 e. The third kappa shape index (κ3) is 1.74. The van der Waals surface area contributed by atoms with Gasteiger partial charge in [0.05, 0.1) is 5.41 Å². The van der Waals surface area contributed by atoms with Crippen molar-refractivity contribution in [2.45, 2.75) is 26.8 Å². The molecule has 0 unspecified atom stereocenters. The van der Waals surface area contributed by atoms with Gasteiger partial charge in [0, 0.05) is 31.8 Å². The molecule has 1 aliphatic heterocycles. The zero-order chi connectivity index (χ0) is 12.8. The summed E-state index contributed by atoms with van der Waals surface area (Å²) in [4.78, 5) is 25.2. The van der Waals surface area contributed by atoms with Crippen LogP contribution in [0.4, 0.5) is 5.82 Å². The van der Waals surface area contributed by atoms with E-state index in [1.165, 1.54) is 0 Å². The van der Waals surface area contributed by atoms with E-state index in [0.717, 1.165) is 4.90 Å². The lowest BCUT2D eigenvalue weighted by Crippen LogP contribution is -2.34. The highest BCUT2D eigenvalue weighted by atomic mass is 16.2. The van der Waals surface area contributed by atoms with Crippen LogP contribution < -0.4 is 10.6 Å². The van der Waals surface area contributed by atoms with Crippen molar-refractivity contribution in [3.8, 4) is 0 Å². The maximum absolute atomic E-state index is 12.1. The maximum Gasteiger partial charge on any atom is 0.241 e. The molecule has 1 aromatic rings. The Bertz CT molecular complexity index is 490. The summed E-state index contributed by atoms with van der Waals surface area (Å²) in [5.41, 5.74) is 5.64. The van der Waals surface area contributed by atoms with Gasteiger partial charge >= 0.3 is 0 Å². The van der Waals surface area contributed by atoms with Crippen molar-refractivity contribution in [1.29, 1.82) is 0 Å². The molecule has 0 bridgehead atoms. The Morgan fingerprint density at radius 1 is 1.47 bits per heavy atom. The molecule has 1 aromatic heterocycles. The van der Waals surface area contributed by atoms with E-state index in [4.69, 9.17) is 5.73 Å². The first kappa shape index (κ1) is 11.8. The SMILES string of the molecule is Cn1cc(CN)c(N2C(=O)CC(C)(C)C2=O)n1. The van der Waals surface area contributed by atoms with E-state index in [0.29, 0.717) is 11.4 Å². The van der Waals surface area contributed by atoms with Gasteiger partial charge in [-0.25, -0.2) is 4.90 Å². The Hall–Kier alpha value is -1.69. The van der Waals surface area contributed by atoms with Crippen LogP contribution >= 0.6 is 0 Å². The topological polar surface area (TPSA) is 81.2 Å². The average Bonchev–Trinajstić information content (AvgIpc) is 2.66. The van der Waals surface area contributed by atoms with Crippen LogP contribution in [0.2, 0.25) is 0 Å². The van der Waals surface area contributed by atoms with Gasteiger partial charge < -0.3 is 5.73 Å². The molecule has 0 radical (unpaired) electrons. The Labute approximate surface area is 99.4 Å². The summed E-state index contributed by atoms with van der Waals surface area (Å²) < 4.78 is 1.56. The Kier molecular flexibility index (Phi) is 2.54. The molecule has 1 aliphatic rings. The molecule has 0 atom stereocenters. The van der Waals surface area contributed by atoms with Crippen LogP contribution in [0.15, 0.2) is 6.20 Å². The molecule has 2 N–H and O–H groups in total. The predicted octanol–water partition coefficient (Wildman–Crippen LogP) is 0.168. The van der Waals surface area contributed by atoms with Gasteiger partial charge in [0.25, 0.3) is 0 Å². The van der Waals surface area contributed by atoms with Crippen molar-refractivity contribution in [3.05, 3.63) is 11.8 Å². The first-order valence-electron chi connectivity index (χ1n) is 5.47. The Morgan fingerprint density at radius 2 is 2.12 bits per heavy atom. The van der Waals surface area contributed by atoms with Gasteiger partial charge in [-0.15, -0.1) is 0 Å². The third-order valence-electron chi connectivity index (χ3n) is 2.94. The number of hydrogen-bond acceptors (Lipinski definition) is 4. The molecule has 92 valence electrons. The van der Waals surface area contributed by atoms with E-state index in [-0.39, 0.29) is 24.8 Å². The number of imide groups is 1. The summed E-state index contributed by atoms with van der Waals surface area (Å²) in [5.74, 6) is -0.0557. The van der Waals surface area contributed by atoms with Crippen molar-refractivity contribution in [2.24, 2.45) is 18.2 Å². The summed E-state index contributed by atoms with van der Waals surface area (Å²) >= 11 is 0. The second-order valence-corrected chi connectivity index (χ2v) is 4.95. The van der Waals surface area contributed by atoms with Gasteiger partial charge in [0.1, 0.15) is 0 Å². The van der Waals surface area contributed by atoms with E-state index < -0.39 is 5.41 Å². The number of carbonyl (C=O) groups excluding carboxylic acids is 2. The minimum absolute atomic E-state index is 0.212. The van der Waals surface area contributed by atoms with Crippen molar-refractivity contribution in [3.63, 3.8) is 0 Å². The molecule has 1 fully saturated rings. The van der Waals surface area contributed by atoms with Gasteiger partial charge in [0.2, 0.25) is 11.8 Å². The molecule has 17 heavy (non-hydrogen) atoms. The molecule has 0 spiro atoms. The third-order valence-corrected chi connectivity index (χ3v) is 2.94. The fourth-order valence-electron chi connectivity index (χ4n) is 2.02. The van der Waals surface area contributed by atoms with E-state index in [9.17, 15) is 9.59 Å². The molecule has 2 rings (SSSR count). The van der Waals surface area contributed by atoms with Crippen molar-refractivity contribution in [2.75, 3.05) is 4.90 Å². The van der Waals surface area contributed by atoms with Crippen LogP contribution in [0.3, 0.4) is 0 Å². The molecular formula is C11H16N4O2. The highest BCUT2D eigenvalue weighted by Crippen LogP contribution is 2.35. The second kappa shape index (κ2) is 3.66. The fourth-order valence-corrected chi connectivity index (χ4v) is 2.02. The van der Waals surface area contributed by atoms with Crippen molar-refractivity contribution in [1.82, 2.24) is 9.78 Å². The van der Waals surface area contributed by atoms with Crippen LogP contribution in [-0.4, -0.2) is 21.6 Å². The maximum atomic E-state index is 12.1. The number of anilines is 1. The lowest BCUT2D eigenvalue weighted by molar-refractivity contribution is -0.124. The highest BCUT2D eigenvalue weighted by Gasteiger charge is 2.46. The minimum Gasteiger partial charge on any atom is -0.326 e. The molecule has 0 saturated carbocycles. The molecule has 1 saturated heterocycles. The number of aromatic nitrogens is 2. The number of aryl methyl sites for hydroxylation is 1. The van der Waals surface area contributed by atoms with Crippen molar-refractivity contribution >= 4 is 17.6 Å². The first-order chi connectivity index (χ1) is 7.86. The number of hydrogen-bond donors (Lipinski definition) is 1. The second-order valence-electron chi connectivity index (χ2n) is 4.95. The molecule has 2 amide bonds. The predicted molar refractivity (Wildman–Crippen MR) is 62.0 cm³/mol. The van der Waals surface area contributed by atoms with Crippen LogP contribution in [0.25, 0.3) is 0 Å². The van der Waals surface area contributed by atoms with E-state index >= 15 is 0 Å². The summed E-state index contributed by atoms with van der Waals surface area (Å²) in [5, 5.41) is 4.15. The molecule has 0 aliphatic carbocycles. The first-order valence-corrected chi connectivity index (χ1v) is 5.47. The van der Waals surface area contributed by atoms with Gasteiger partial charge in [-0.05, 0) is 0 Å². The normalized spacial score (nSPS) is 19.2. The number of nitrogens with two attached hydrogens (primary N) is 1. The Morgan fingerprint density at radius 3 is 2.59 bits per heavy atom. The Balaban J connectivity index is 2.47. The monoisotopic (exact) mass is 236 g/mol. The number of nitrogens with zero attached hydrogens (tertiary/aromatic N) is 3. The van der Waals surface area contributed by atoms with Gasteiger partial charge in [0.15, 0.2) is 5.82 Å². The van der Waals surface area contributed by atoms with Crippen LogP contribution in [0, 0.1) is 5.41 Å². The lowest BCUT2D eigenvalue weighted by atomic mass is 9.92. The van der Waals surface area contributed by atoms with E-state index in [1.54, 1.807) is 31.8 Å². The van der Waals surface area contributed by atoms with Gasteiger partial charge in [-0.2, -0.15) is 5.10 Å². The lowest BCUT2D eigenvalue weighted by Gasteiger charge is -2.16. The fraction of sp³-hybridized carbons (Fsp3) is 0.545. The van der Waals surface area contributed by atoms with Gasteiger partial charge in [-0.3, -0.25) is 14.3 Å². The van der Waals surface area contributed by atoms with Gasteiger partial charge in [-0.1, -0.05) is 13.8 Å². The van der Waals surface area contributed by atoms with Crippen LogP contribution in [0.1, 0.15) is 25.8 Å². The molecule has 0 aromatic carbocycles. The number of carbonyl (C=O) groups is 2. The summed E-state index contributed by atoms with van der Waals surface area (Å²) in [6.45, 7) is 3.78. The summed E-state index contributed by atoms with van der Waals surface area (Å²) in [7, 11) is 1.73. The zero-order valence-corrected chi connectivity index (χ0v) is 10.2. The number of rotatable bonds is 2. The van der Waals surface area contributed by atoms with Crippen molar-refractivity contribution < 1.29 is 9.59 Å². The molecule has 6 heteroatoms. The minimum atomic E-state index is -0.652. The number of amides is 2. The zero-order valence-electron chi connectivity index (χ0n) is 10.2. The summed E-state index contributed by atoms with van der Waals surface area (Å²) in [6.07, 6.45) is 1.94. The highest BCUT2D eigenvalue weighted by molar-refractivity contribution is 6.22. The van der Waals surface area contributed by atoms with E-state index in [1.807, 2.05) is 0 Å². The molecule has 6 nitrogen and oxygen atoms in total. The smallest absolute Gasteiger partial charge is 0.241 e. The van der Waals surface area contributed by atoms with E-state index in [2.05, 4.69) is 5.10 Å². The molecule has 2 heterocycles. The average molecular weight is 236 g/mol. The van der Waals surface area contributed by atoms with Crippen LogP contribution in [-0.2, 0) is 23.2 Å². The van der Waals surface area contributed by atoms with Crippen LogP contribution in [0.5, 0.6) is 0 Å². The molecular weight excluding hydrogens is 220 g/mol. The summed E-state index contributed by atoms with van der Waals surface area (Å²) in [6, 6.07) is 0.